The molecule has 0 saturated heterocycles. The number of Topliss-reactive ketones (excluding diaryl/α,β-unsaturated/α-hetero) is 1. The van der Waals surface area contributed by atoms with Gasteiger partial charge in [-0.1, -0.05) is 24.6 Å². The van der Waals surface area contributed by atoms with E-state index in [1.807, 2.05) is 39.0 Å². The minimum absolute atomic E-state index is 0.0163. The van der Waals surface area contributed by atoms with Crippen molar-refractivity contribution in [2.75, 3.05) is 0 Å². The van der Waals surface area contributed by atoms with Crippen LogP contribution in [0.15, 0.2) is 18.2 Å². The molecule has 0 fully saturated rings. The van der Waals surface area contributed by atoms with Gasteiger partial charge in [-0.3, -0.25) is 4.79 Å². The lowest BCUT2D eigenvalue weighted by Crippen LogP contribution is -2.23. The maximum atomic E-state index is 11.9. The van der Waals surface area contributed by atoms with Crippen molar-refractivity contribution in [3.8, 4) is 0 Å². The van der Waals surface area contributed by atoms with Gasteiger partial charge in [0.2, 0.25) is 0 Å². The van der Waals surface area contributed by atoms with E-state index in [-0.39, 0.29) is 11.8 Å². The van der Waals surface area contributed by atoms with Crippen molar-refractivity contribution in [1.82, 2.24) is 0 Å². The molecule has 0 aliphatic carbocycles. The standard InChI is InChI=1S/C13H19NO/c1-4-11(14)8-13(15)12-7-9(2)5-6-10(12)3/h5-7,11H,4,8,14H2,1-3H3. The van der Waals surface area contributed by atoms with E-state index in [9.17, 15) is 4.79 Å². The largest absolute Gasteiger partial charge is 0.327 e. The summed E-state index contributed by atoms with van der Waals surface area (Å²) in [7, 11) is 0. The summed E-state index contributed by atoms with van der Waals surface area (Å²) in [5.74, 6) is 0.158. The summed E-state index contributed by atoms with van der Waals surface area (Å²) in [5, 5.41) is 0. The molecule has 1 aromatic rings. The van der Waals surface area contributed by atoms with Crippen molar-refractivity contribution < 1.29 is 4.79 Å². The third-order valence-corrected chi connectivity index (χ3v) is 2.67. The van der Waals surface area contributed by atoms with Crippen LogP contribution >= 0.6 is 0 Å². The number of hydrogen-bond acceptors (Lipinski definition) is 2. The van der Waals surface area contributed by atoms with E-state index in [0.717, 1.165) is 23.1 Å². The molecule has 0 saturated carbocycles. The first-order valence-electron chi connectivity index (χ1n) is 5.40. The Kier molecular flexibility index (Phi) is 4.04. The number of hydrogen-bond donors (Lipinski definition) is 1. The molecule has 0 aliphatic heterocycles. The van der Waals surface area contributed by atoms with E-state index in [1.165, 1.54) is 0 Å². The molecule has 2 N–H and O–H groups in total. The lowest BCUT2D eigenvalue weighted by atomic mass is 9.97. The predicted molar refractivity (Wildman–Crippen MR) is 63.1 cm³/mol. The molecule has 0 amide bonds. The number of aryl methyl sites for hydroxylation is 2. The number of nitrogens with two attached hydrogens (primary N) is 1. The minimum atomic E-state index is -0.0163. The number of benzene rings is 1. The Hall–Kier alpha value is -1.15. The van der Waals surface area contributed by atoms with Crippen LogP contribution in [0.3, 0.4) is 0 Å². The van der Waals surface area contributed by atoms with Crippen LogP contribution in [0.4, 0.5) is 0 Å². The van der Waals surface area contributed by atoms with Crippen molar-refractivity contribution in [2.45, 2.75) is 39.7 Å². The predicted octanol–water partition coefficient (Wildman–Crippen LogP) is 2.61. The number of carbonyl (C=O) groups is 1. The van der Waals surface area contributed by atoms with Gasteiger partial charge in [0.15, 0.2) is 5.78 Å². The van der Waals surface area contributed by atoms with Gasteiger partial charge >= 0.3 is 0 Å². The van der Waals surface area contributed by atoms with Gasteiger partial charge in [-0.2, -0.15) is 0 Å². The molecular weight excluding hydrogens is 186 g/mol. The fourth-order valence-corrected chi connectivity index (χ4v) is 1.53. The van der Waals surface area contributed by atoms with Crippen LogP contribution in [0, 0.1) is 13.8 Å². The zero-order valence-electron chi connectivity index (χ0n) is 9.71. The van der Waals surface area contributed by atoms with E-state index >= 15 is 0 Å². The summed E-state index contributed by atoms with van der Waals surface area (Å²) < 4.78 is 0. The van der Waals surface area contributed by atoms with Crippen molar-refractivity contribution in [3.63, 3.8) is 0 Å². The quantitative estimate of drug-likeness (QED) is 0.768. The Morgan fingerprint density at radius 2 is 2.07 bits per heavy atom. The molecule has 1 rings (SSSR count). The molecule has 15 heavy (non-hydrogen) atoms. The Morgan fingerprint density at radius 1 is 1.40 bits per heavy atom. The molecule has 0 aliphatic rings. The van der Waals surface area contributed by atoms with E-state index in [0.29, 0.717) is 6.42 Å². The first kappa shape index (κ1) is 11.9. The minimum Gasteiger partial charge on any atom is -0.327 e. The SMILES string of the molecule is CCC(N)CC(=O)c1cc(C)ccc1C. The van der Waals surface area contributed by atoms with E-state index < -0.39 is 0 Å². The molecule has 0 heterocycles. The molecule has 1 aromatic carbocycles. The van der Waals surface area contributed by atoms with Gasteiger partial charge in [0.1, 0.15) is 0 Å². The molecule has 0 aromatic heterocycles. The van der Waals surface area contributed by atoms with Crippen molar-refractivity contribution in [3.05, 3.63) is 34.9 Å². The van der Waals surface area contributed by atoms with Crippen molar-refractivity contribution >= 4 is 5.78 Å². The van der Waals surface area contributed by atoms with E-state index in [1.54, 1.807) is 0 Å². The molecule has 1 unspecified atom stereocenters. The fraction of sp³-hybridized carbons (Fsp3) is 0.462. The molecule has 0 spiro atoms. The van der Waals surface area contributed by atoms with Gasteiger partial charge in [0.25, 0.3) is 0 Å². The van der Waals surface area contributed by atoms with Crippen LogP contribution in [0.1, 0.15) is 41.3 Å². The maximum absolute atomic E-state index is 11.9. The van der Waals surface area contributed by atoms with Crippen molar-refractivity contribution in [1.29, 1.82) is 0 Å². The summed E-state index contributed by atoms with van der Waals surface area (Å²) in [6, 6.07) is 5.93. The van der Waals surface area contributed by atoms with Crippen LogP contribution in [0.2, 0.25) is 0 Å². The lowest BCUT2D eigenvalue weighted by molar-refractivity contribution is 0.0973. The van der Waals surface area contributed by atoms with Crippen LogP contribution in [0.5, 0.6) is 0 Å². The normalized spacial score (nSPS) is 12.5. The topological polar surface area (TPSA) is 43.1 Å². The summed E-state index contributed by atoms with van der Waals surface area (Å²) >= 11 is 0. The molecule has 2 heteroatoms. The molecule has 2 nitrogen and oxygen atoms in total. The van der Waals surface area contributed by atoms with Crippen molar-refractivity contribution in [2.24, 2.45) is 5.73 Å². The van der Waals surface area contributed by atoms with Crippen LogP contribution in [-0.2, 0) is 0 Å². The molecule has 1 atom stereocenters. The van der Waals surface area contributed by atoms with Crippen LogP contribution in [-0.4, -0.2) is 11.8 Å². The first-order chi connectivity index (χ1) is 7.04. The van der Waals surface area contributed by atoms with Gasteiger partial charge < -0.3 is 5.73 Å². The summed E-state index contributed by atoms with van der Waals surface area (Å²) in [6.45, 7) is 5.96. The van der Waals surface area contributed by atoms with Crippen LogP contribution in [0.25, 0.3) is 0 Å². The zero-order valence-corrected chi connectivity index (χ0v) is 9.71. The number of carbonyl (C=O) groups excluding carboxylic acids is 1. The van der Waals surface area contributed by atoms with Crippen LogP contribution < -0.4 is 5.73 Å². The molecule has 0 radical (unpaired) electrons. The monoisotopic (exact) mass is 205 g/mol. The molecule has 82 valence electrons. The third kappa shape index (κ3) is 3.17. The highest BCUT2D eigenvalue weighted by Crippen LogP contribution is 2.14. The highest BCUT2D eigenvalue weighted by atomic mass is 16.1. The average molecular weight is 205 g/mol. The summed E-state index contributed by atoms with van der Waals surface area (Å²) in [4.78, 5) is 11.9. The highest BCUT2D eigenvalue weighted by molar-refractivity contribution is 5.97. The second-order valence-electron chi connectivity index (χ2n) is 4.11. The maximum Gasteiger partial charge on any atom is 0.164 e. The smallest absolute Gasteiger partial charge is 0.164 e. The van der Waals surface area contributed by atoms with E-state index in [4.69, 9.17) is 5.73 Å². The Labute approximate surface area is 91.5 Å². The fourth-order valence-electron chi connectivity index (χ4n) is 1.53. The first-order valence-corrected chi connectivity index (χ1v) is 5.40. The van der Waals surface area contributed by atoms with Gasteiger partial charge in [0, 0.05) is 18.0 Å². The number of ketones is 1. The number of rotatable bonds is 4. The Balaban J connectivity index is 2.86. The van der Waals surface area contributed by atoms with Gasteiger partial charge in [-0.15, -0.1) is 0 Å². The van der Waals surface area contributed by atoms with Gasteiger partial charge in [-0.25, -0.2) is 0 Å². The van der Waals surface area contributed by atoms with Gasteiger partial charge in [-0.05, 0) is 31.9 Å². The summed E-state index contributed by atoms with van der Waals surface area (Å²) in [6.07, 6.45) is 1.29. The molecular formula is C13H19NO. The third-order valence-electron chi connectivity index (χ3n) is 2.67. The molecule has 0 bridgehead atoms. The van der Waals surface area contributed by atoms with E-state index in [2.05, 4.69) is 0 Å². The second kappa shape index (κ2) is 5.08. The van der Waals surface area contributed by atoms with Gasteiger partial charge in [0.05, 0.1) is 0 Å². The second-order valence-corrected chi connectivity index (χ2v) is 4.11. The highest BCUT2D eigenvalue weighted by Gasteiger charge is 2.12. The summed E-state index contributed by atoms with van der Waals surface area (Å²) in [5.41, 5.74) is 8.75. The average Bonchev–Trinajstić information content (AvgIpc) is 2.21. The Morgan fingerprint density at radius 3 is 2.67 bits per heavy atom. The zero-order chi connectivity index (χ0) is 11.4. The Bertz CT molecular complexity index is 358. The lowest BCUT2D eigenvalue weighted by Gasteiger charge is -2.10.